The van der Waals surface area contributed by atoms with Crippen molar-refractivity contribution >= 4 is 15.7 Å². The fourth-order valence-corrected chi connectivity index (χ4v) is 3.10. The van der Waals surface area contributed by atoms with Crippen LogP contribution in [0.25, 0.3) is 11.5 Å². The van der Waals surface area contributed by atoms with Crippen LogP contribution in [-0.4, -0.2) is 37.8 Å². The Kier molecular flexibility index (Phi) is 6.81. The van der Waals surface area contributed by atoms with Gasteiger partial charge in [0.1, 0.15) is 12.4 Å². The first kappa shape index (κ1) is 22.6. The van der Waals surface area contributed by atoms with E-state index in [0.29, 0.717) is 35.0 Å². The molecule has 31 heavy (non-hydrogen) atoms. The number of aromatic nitrogens is 2. The van der Waals surface area contributed by atoms with Crippen molar-refractivity contribution in [2.75, 3.05) is 18.4 Å². The number of anilines is 1. The molecule has 0 saturated heterocycles. The average Bonchev–Trinajstić information content (AvgIpc) is 3.19. The van der Waals surface area contributed by atoms with E-state index in [-0.39, 0.29) is 18.9 Å². The van der Waals surface area contributed by atoms with E-state index < -0.39 is 15.5 Å². The predicted molar refractivity (Wildman–Crippen MR) is 105 cm³/mol. The number of nitrogens with one attached hydrogen (secondary N) is 1. The molecule has 1 aromatic heterocycles. The van der Waals surface area contributed by atoms with Crippen molar-refractivity contribution < 1.29 is 35.6 Å². The van der Waals surface area contributed by atoms with Crippen LogP contribution in [-0.2, 0) is 27.8 Å². The van der Waals surface area contributed by atoms with Gasteiger partial charge < -0.3 is 14.0 Å². The number of sulfonamides is 1. The number of hydrogen-bond acceptors (Lipinski definition) is 7. The minimum absolute atomic E-state index is 0.0634. The van der Waals surface area contributed by atoms with Crippen molar-refractivity contribution in [2.45, 2.75) is 18.5 Å². The van der Waals surface area contributed by atoms with Gasteiger partial charge in [0.05, 0.1) is 13.7 Å². The largest absolute Gasteiger partial charge is 0.516 e. The summed E-state index contributed by atoms with van der Waals surface area (Å²) >= 11 is 0. The highest BCUT2D eigenvalue weighted by molar-refractivity contribution is 7.93. The van der Waals surface area contributed by atoms with Crippen LogP contribution in [0.2, 0.25) is 0 Å². The lowest BCUT2D eigenvalue weighted by Gasteiger charge is -2.11. The minimum atomic E-state index is -5.47. The SMILES string of the molecule is COc1cccc(-c2nc(COCCc3cccc(NS(=O)(=O)C(F)(F)F)c3)no2)c1. The van der Waals surface area contributed by atoms with Gasteiger partial charge in [-0.15, -0.1) is 0 Å². The molecule has 0 amide bonds. The van der Waals surface area contributed by atoms with Gasteiger partial charge in [0.25, 0.3) is 5.89 Å². The average molecular weight is 457 g/mol. The fourth-order valence-electron chi connectivity index (χ4n) is 2.54. The second-order valence-electron chi connectivity index (χ2n) is 6.30. The van der Waals surface area contributed by atoms with Crippen LogP contribution in [0.15, 0.2) is 53.1 Å². The highest BCUT2D eigenvalue weighted by Crippen LogP contribution is 2.26. The quantitative estimate of drug-likeness (QED) is 0.488. The zero-order valence-corrected chi connectivity index (χ0v) is 17.0. The predicted octanol–water partition coefficient (Wildman–Crippen LogP) is 3.77. The molecular weight excluding hydrogens is 439 g/mol. The minimum Gasteiger partial charge on any atom is -0.497 e. The molecule has 0 spiro atoms. The number of ether oxygens (including phenoxy) is 2. The van der Waals surface area contributed by atoms with E-state index in [4.69, 9.17) is 14.0 Å². The van der Waals surface area contributed by atoms with E-state index in [0.717, 1.165) is 0 Å². The van der Waals surface area contributed by atoms with Crippen molar-refractivity contribution in [1.29, 1.82) is 0 Å². The third kappa shape index (κ3) is 5.95. The lowest BCUT2D eigenvalue weighted by molar-refractivity contribution is -0.0429. The molecule has 0 unspecified atom stereocenters. The number of hydrogen-bond donors (Lipinski definition) is 1. The molecule has 2 aromatic carbocycles. The molecule has 0 saturated carbocycles. The van der Waals surface area contributed by atoms with Crippen molar-refractivity contribution in [3.63, 3.8) is 0 Å². The van der Waals surface area contributed by atoms with Crippen molar-refractivity contribution in [2.24, 2.45) is 0 Å². The van der Waals surface area contributed by atoms with Crippen LogP contribution in [0.1, 0.15) is 11.4 Å². The fraction of sp³-hybridized carbons (Fsp3) is 0.263. The van der Waals surface area contributed by atoms with Gasteiger partial charge in [0.2, 0.25) is 0 Å². The van der Waals surface area contributed by atoms with E-state index in [2.05, 4.69) is 10.1 Å². The normalized spacial score (nSPS) is 12.0. The van der Waals surface area contributed by atoms with Gasteiger partial charge in [-0.2, -0.15) is 26.6 Å². The maximum atomic E-state index is 12.5. The first-order chi connectivity index (χ1) is 14.7. The summed E-state index contributed by atoms with van der Waals surface area (Å²) in [6.07, 6.45) is 0.335. The zero-order chi connectivity index (χ0) is 22.5. The van der Waals surface area contributed by atoms with E-state index in [9.17, 15) is 21.6 Å². The zero-order valence-electron chi connectivity index (χ0n) is 16.2. The van der Waals surface area contributed by atoms with Crippen LogP contribution >= 0.6 is 0 Å². The van der Waals surface area contributed by atoms with Gasteiger partial charge in [-0.1, -0.05) is 23.4 Å². The molecule has 0 bridgehead atoms. The number of benzene rings is 2. The molecule has 8 nitrogen and oxygen atoms in total. The molecule has 0 aliphatic carbocycles. The maximum Gasteiger partial charge on any atom is 0.516 e. The lowest BCUT2D eigenvalue weighted by Crippen LogP contribution is -2.29. The van der Waals surface area contributed by atoms with Crippen LogP contribution in [0.3, 0.4) is 0 Å². The van der Waals surface area contributed by atoms with Gasteiger partial charge in [-0.3, -0.25) is 4.72 Å². The summed E-state index contributed by atoms with van der Waals surface area (Å²) < 4.78 is 77.2. The number of halogens is 3. The third-order valence-electron chi connectivity index (χ3n) is 4.03. The maximum absolute atomic E-state index is 12.5. The van der Waals surface area contributed by atoms with Gasteiger partial charge in [-0.05, 0) is 42.3 Å². The molecule has 0 fully saturated rings. The Hall–Kier alpha value is -3.12. The highest BCUT2D eigenvalue weighted by Gasteiger charge is 2.46. The van der Waals surface area contributed by atoms with Crippen LogP contribution in [0, 0.1) is 0 Å². The van der Waals surface area contributed by atoms with Crippen molar-refractivity contribution in [3.8, 4) is 17.2 Å². The Morgan fingerprint density at radius 2 is 1.90 bits per heavy atom. The Morgan fingerprint density at radius 1 is 1.13 bits per heavy atom. The summed E-state index contributed by atoms with van der Waals surface area (Å²) in [4.78, 5) is 4.24. The van der Waals surface area contributed by atoms with Crippen molar-refractivity contribution in [1.82, 2.24) is 10.1 Å². The summed E-state index contributed by atoms with van der Waals surface area (Å²) in [6, 6.07) is 12.7. The van der Waals surface area contributed by atoms with Gasteiger partial charge >= 0.3 is 15.5 Å². The lowest BCUT2D eigenvalue weighted by atomic mass is 10.1. The Bertz CT molecular complexity index is 1130. The summed E-state index contributed by atoms with van der Waals surface area (Å²) in [5, 5.41) is 3.83. The van der Waals surface area contributed by atoms with Gasteiger partial charge in [-0.25, -0.2) is 0 Å². The monoisotopic (exact) mass is 457 g/mol. The Balaban J connectivity index is 1.52. The number of rotatable bonds is 9. The van der Waals surface area contributed by atoms with Crippen molar-refractivity contribution in [3.05, 3.63) is 59.9 Å². The third-order valence-corrected chi connectivity index (χ3v) is 5.15. The van der Waals surface area contributed by atoms with Crippen LogP contribution in [0.5, 0.6) is 5.75 Å². The topological polar surface area (TPSA) is 104 Å². The Morgan fingerprint density at radius 3 is 2.65 bits per heavy atom. The molecule has 3 rings (SSSR count). The molecule has 0 aliphatic rings. The molecule has 0 aliphatic heterocycles. The smallest absolute Gasteiger partial charge is 0.497 e. The summed E-state index contributed by atoms with van der Waals surface area (Å²) in [5.41, 5.74) is -4.29. The van der Waals surface area contributed by atoms with Gasteiger partial charge in [0, 0.05) is 11.3 Å². The first-order valence-corrected chi connectivity index (χ1v) is 10.4. The molecule has 0 atom stereocenters. The molecule has 166 valence electrons. The number of alkyl halides is 3. The van der Waals surface area contributed by atoms with Crippen LogP contribution < -0.4 is 9.46 Å². The second kappa shape index (κ2) is 9.35. The Labute approximate surface area is 176 Å². The second-order valence-corrected chi connectivity index (χ2v) is 7.98. The molecule has 1 N–H and O–H groups in total. The van der Waals surface area contributed by atoms with E-state index >= 15 is 0 Å². The van der Waals surface area contributed by atoms with E-state index in [1.54, 1.807) is 37.4 Å². The van der Waals surface area contributed by atoms with Crippen LogP contribution in [0.4, 0.5) is 18.9 Å². The number of methoxy groups -OCH3 is 1. The highest BCUT2D eigenvalue weighted by atomic mass is 32.2. The summed E-state index contributed by atoms with van der Waals surface area (Å²) in [6.45, 7) is 0.270. The standard InChI is InChI=1S/C19H18F3N3O5S/c1-28-16-7-3-5-14(11-16)18-23-17(24-30-18)12-29-9-8-13-4-2-6-15(10-13)25-31(26,27)19(20,21)22/h2-7,10-11,25H,8-9,12H2,1H3. The summed E-state index contributed by atoms with van der Waals surface area (Å²) in [5.74, 6) is 1.28. The molecular formula is C19H18F3N3O5S. The molecule has 0 radical (unpaired) electrons. The van der Waals surface area contributed by atoms with E-state index in [1.165, 1.54) is 22.9 Å². The molecule has 3 aromatic rings. The van der Waals surface area contributed by atoms with Gasteiger partial charge in [0.15, 0.2) is 5.82 Å². The molecule has 12 heteroatoms. The van der Waals surface area contributed by atoms with E-state index in [1.807, 2.05) is 0 Å². The molecule has 1 heterocycles. The summed E-state index contributed by atoms with van der Waals surface area (Å²) in [7, 11) is -3.92. The number of nitrogens with zero attached hydrogens (tertiary/aromatic N) is 2. The first-order valence-electron chi connectivity index (χ1n) is 8.91.